The molecule has 1 aliphatic rings. The Balaban J connectivity index is 2.34. The number of ether oxygens (including phenoxy) is 1. The van der Waals surface area contributed by atoms with E-state index in [9.17, 15) is 5.11 Å². The number of aliphatic hydroxyl groups is 1. The molecule has 78 valence electrons. The Morgan fingerprint density at radius 1 is 1.54 bits per heavy atom. The lowest BCUT2D eigenvalue weighted by Crippen LogP contribution is -2.50. The van der Waals surface area contributed by atoms with E-state index in [1.54, 1.807) is 0 Å². The van der Waals surface area contributed by atoms with E-state index in [-0.39, 0.29) is 11.7 Å². The number of hydrogen-bond donors (Lipinski definition) is 1. The molecule has 1 N–H and O–H groups in total. The van der Waals surface area contributed by atoms with E-state index >= 15 is 0 Å². The zero-order valence-electron chi connectivity index (χ0n) is 8.92. The van der Waals surface area contributed by atoms with Gasteiger partial charge in [-0.15, -0.1) is 0 Å². The first-order valence-electron chi connectivity index (χ1n) is 5.08. The van der Waals surface area contributed by atoms with Gasteiger partial charge in [-0.05, 0) is 20.3 Å². The number of β-amino-alcohol motifs (C(OH)–C–C–N with tert-alkyl or cyclic N) is 1. The fraction of sp³-hybridized carbons (Fsp3) is 1.00. The molecule has 3 nitrogen and oxygen atoms in total. The second-order valence-corrected chi connectivity index (χ2v) is 4.41. The molecule has 1 unspecified atom stereocenters. The monoisotopic (exact) mass is 187 g/mol. The molecule has 0 spiro atoms. The van der Waals surface area contributed by atoms with E-state index in [1.165, 1.54) is 0 Å². The molecule has 3 heteroatoms. The Kier molecular flexibility index (Phi) is 3.71. The van der Waals surface area contributed by atoms with Gasteiger partial charge in [0, 0.05) is 19.6 Å². The van der Waals surface area contributed by atoms with E-state index in [0.29, 0.717) is 0 Å². The van der Waals surface area contributed by atoms with Crippen molar-refractivity contribution < 1.29 is 9.84 Å². The summed E-state index contributed by atoms with van der Waals surface area (Å²) in [6, 6.07) is 0. The van der Waals surface area contributed by atoms with Crippen LogP contribution in [0.3, 0.4) is 0 Å². The summed E-state index contributed by atoms with van der Waals surface area (Å²) in [4.78, 5) is 2.28. The summed E-state index contributed by atoms with van der Waals surface area (Å²) in [5, 5.41) is 9.50. The van der Waals surface area contributed by atoms with E-state index in [1.807, 2.05) is 6.92 Å². The number of aliphatic hydroxyl groups excluding tert-OH is 1. The minimum absolute atomic E-state index is 0.0499. The maximum absolute atomic E-state index is 9.50. The summed E-state index contributed by atoms with van der Waals surface area (Å²) in [6.45, 7) is 9.63. The SMILES string of the molecule is CCC(O)CN1CCOC(C)(C)C1. The zero-order valence-corrected chi connectivity index (χ0v) is 8.92. The lowest BCUT2D eigenvalue weighted by atomic mass is 10.1. The van der Waals surface area contributed by atoms with Crippen molar-refractivity contribution in [1.29, 1.82) is 0 Å². The quantitative estimate of drug-likeness (QED) is 0.711. The van der Waals surface area contributed by atoms with Crippen molar-refractivity contribution in [3.63, 3.8) is 0 Å². The summed E-state index contributed by atoms with van der Waals surface area (Å²) >= 11 is 0. The van der Waals surface area contributed by atoms with Crippen LogP contribution in [-0.2, 0) is 4.74 Å². The lowest BCUT2D eigenvalue weighted by Gasteiger charge is -2.38. The fourth-order valence-electron chi connectivity index (χ4n) is 1.70. The van der Waals surface area contributed by atoms with Crippen molar-refractivity contribution in [3.8, 4) is 0 Å². The predicted molar refractivity (Wildman–Crippen MR) is 52.8 cm³/mol. The smallest absolute Gasteiger partial charge is 0.0753 e. The molecule has 0 bridgehead atoms. The Labute approximate surface area is 80.7 Å². The molecule has 13 heavy (non-hydrogen) atoms. The van der Waals surface area contributed by atoms with Crippen LogP contribution in [0, 0.1) is 0 Å². The van der Waals surface area contributed by atoms with Gasteiger partial charge in [-0.2, -0.15) is 0 Å². The van der Waals surface area contributed by atoms with Crippen molar-refractivity contribution >= 4 is 0 Å². The highest BCUT2D eigenvalue weighted by molar-refractivity contribution is 4.80. The molecule has 0 saturated carbocycles. The molecule has 0 aromatic carbocycles. The van der Waals surface area contributed by atoms with Crippen molar-refractivity contribution in [1.82, 2.24) is 4.90 Å². The standard InChI is InChI=1S/C10H21NO2/c1-4-9(12)7-11-5-6-13-10(2,3)8-11/h9,12H,4-8H2,1-3H3. The van der Waals surface area contributed by atoms with Crippen molar-refractivity contribution in [2.75, 3.05) is 26.2 Å². The lowest BCUT2D eigenvalue weighted by molar-refractivity contribution is -0.0930. The number of hydrogen-bond acceptors (Lipinski definition) is 3. The number of rotatable bonds is 3. The summed E-state index contributed by atoms with van der Waals surface area (Å²) in [5.41, 5.74) is -0.0499. The van der Waals surface area contributed by atoms with Crippen molar-refractivity contribution in [2.24, 2.45) is 0 Å². The molecule has 0 amide bonds. The molecular formula is C10H21NO2. The van der Waals surface area contributed by atoms with Crippen LogP contribution in [0.25, 0.3) is 0 Å². The van der Waals surface area contributed by atoms with Crippen LogP contribution in [0.4, 0.5) is 0 Å². The van der Waals surface area contributed by atoms with E-state index in [4.69, 9.17) is 4.74 Å². The van der Waals surface area contributed by atoms with Crippen LogP contribution >= 0.6 is 0 Å². The van der Waals surface area contributed by atoms with Gasteiger partial charge in [0.1, 0.15) is 0 Å². The molecule has 0 aromatic heterocycles. The van der Waals surface area contributed by atoms with Gasteiger partial charge in [0.25, 0.3) is 0 Å². The first-order valence-corrected chi connectivity index (χ1v) is 5.08. The fourth-order valence-corrected chi connectivity index (χ4v) is 1.70. The molecule has 1 fully saturated rings. The molecule has 1 aliphatic heterocycles. The van der Waals surface area contributed by atoms with Gasteiger partial charge < -0.3 is 9.84 Å². The number of nitrogens with zero attached hydrogens (tertiary/aromatic N) is 1. The molecule has 1 atom stereocenters. The first kappa shape index (κ1) is 11.0. The Hall–Kier alpha value is -0.120. The predicted octanol–water partition coefficient (Wildman–Crippen LogP) is 0.868. The Morgan fingerprint density at radius 2 is 2.23 bits per heavy atom. The third-order valence-corrected chi connectivity index (χ3v) is 2.44. The maximum atomic E-state index is 9.50. The molecule has 1 saturated heterocycles. The number of morpholine rings is 1. The van der Waals surface area contributed by atoms with Crippen molar-refractivity contribution in [2.45, 2.75) is 38.9 Å². The summed E-state index contributed by atoms with van der Waals surface area (Å²) < 4.78 is 5.59. The second-order valence-electron chi connectivity index (χ2n) is 4.41. The normalized spacial score (nSPS) is 25.8. The Bertz CT molecular complexity index is 159. The topological polar surface area (TPSA) is 32.7 Å². The van der Waals surface area contributed by atoms with Gasteiger partial charge in [0.15, 0.2) is 0 Å². The highest BCUT2D eigenvalue weighted by atomic mass is 16.5. The first-order chi connectivity index (χ1) is 6.03. The molecule has 0 aliphatic carbocycles. The largest absolute Gasteiger partial charge is 0.392 e. The minimum atomic E-state index is -0.186. The van der Waals surface area contributed by atoms with Gasteiger partial charge in [-0.1, -0.05) is 6.92 Å². The average Bonchev–Trinajstić information content (AvgIpc) is 2.02. The minimum Gasteiger partial charge on any atom is -0.392 e. The molecule has 1 rings (SSSR count). The van der Waals surface area contributed by atoms with Crippen LogP contribution in [0.2, 0.25) is 0 Å². The van der Waals surface area contributed by atoms with Crippen LogP contribution in [0.1, 0.15) is 27.2 Å². The van der Waals surface area contributed by atoms with Gasteiger partial charge in [-0.25, -0.2) is 0 Å². The summed E-state index contributed by atoms with van der Waals surface area (Å²) in [7, 11) is 0. The van der Waals surface area contributed by atoms with Crippen molar-refractivity contribution in [3.05, 3.63) is 0 Å². The van der Waals surface area contributed by atoms with Gasteiger partial charge in [0.2, 0.25) is 0 Å². The van der Waals surface area contributed by atoms with Crippen LogP contribution in [-0.4, -0.2) is 48.0 Å². The third kappa shape index (κ3) is 3.63. The Morgan fingerprint density at radius 3 is 2.77 bits per heavy atom. The second kappa shape index (κ2) is 4.40. The molecule has 0 aromatic rings. The van der Waals surface area contributed by atoms with E-state index < -0.39 is 0 Å². The summed E-state index contributed by atoms with van der Waals surface area (Å²) in [6.07, 6.45) is 0.645. The van der Waals surface area contributed by atoms with Crippen LogP contribution in [0.5, 0.6) is 0 Å². The van der Waals surface area contributed by atoms with Crippen LogP contribution < -0.4 is 0 Å². The maximum Gasteiger partial charge on any atom is 0.0753 e. The average molecular weight is 187 g/mol. The highest BCUT2D eigenvalue weighted by Crippen LogP contribution is 2.16. The van der Waals surface area contributed by atoms with Gasteiger partial charge in [0.05, 0.1) is 18.3 Å². The molecule has 0 radical (unpaired) electrons. The van der Waals surface area contributed by atoms with Gasteiger partial charge >= 0.3 is 0 Å². The highest BCUT2D eigenvalue weighted by Gasteiger charge is 2.27. The zero-order chi connectivity index (χ0) is 9.90. The summed E-state index contributed by atoms with van der Waals surface area (Å²) in [5.74, 6) is 0. The molecule has 1 heterocycles. The van der Waals surface area contributed by atoms with E-state index in [2.05, 4.69) is 18.7 Å². The third-order valence-electron chi connectivity index (χ3n) is 2.44. The molecular weight excluding hydrogens is 166 g/mol. The van der Waals surface area contributed by atoms with E-state index in [0.717, 1.165) is 32.7 Å². The van der Waals surface area contributed by atoms with Gasteiger partial charge in [-0.3, -0.25) is 4.90 Å². The van der Waals surface area contributed by atoms with Crippen LogP contribution in [0.15, 0.2) is 0 Å².